The lowest BCUT2D eigenvalue weighted by atomic mass is 10.1. The molecule has 1 N–H and O–H groups in total. The van der Waals surface area contributed by atoms with Gasteiger partial charge >= 0.3 is 0 Å². The Labute approximate surface area is 123 Å². The first-order chi connectivity index (χ1) is 10.1. The Bertz CT molecular complexity index is 725. The van der Waals surface area contributed by atoms with E-state index >= 15 is 0 Å². The Morgan fingerprint density at radius 1 is 1.43 bits per heavy atom. The first-order valence-electron chi connectivity index (χ1n) is 7.80. The maximum absolute atomic E-state index is 12.1. The van der Waals surface area contributed by atoms with E-state index in [-0.39, 0.29) is 5.56 Å². The molecule has 0 saturated heterocycles. The molecule has 0 unspecified atom stereocenters. The topological polar surface area (TPSA) is 66.8 Å². The zero-order valence-electron chi connectivity index (χ0n) is 12.5. The molecule has 6 heteroatoms. The van der Waals surface area contributed by atoms with Crippen molar-refractivity contribution in [1.29, 1.82) is 0 Å². The van der Waals surface area contributed by atoms with Crippen LogP contribution in [0.15, 0.2) is 11.0 Å². The molecule has 0 spiro atoms. The monoisotopic (exact) mass is 287 g/mol. The van der Waals surface area contributed by atoms with Crippen molar-refractivity contribution in [3.63, 3.8) is 0 Å². The number of H-pyrrole nitrogens is 1. The molecule has 2 aliphatic carbocycles. The van der Waals surface area contributed by atoms with Crippen molar-refractivity contribution in [2.75, 3.05) is 0 Å². The van der Waals surface area contributed by atoms with Gasteiger partial charge in [0.25, 0.3) is 5.56 Å². The molecule has 2 heterocycles. The summed E-state index contributed by atoms with van der Waals surface area (Å²) in [4.78, 5) is 22.2. The van der Waals surface area contributed by atoms with E-state index in [1.807, 2.05) is 7.05 Å². The van der Waals surface area contributed by atoms with Gasteiger partial charge < -0.3 is 4.98 Å². The van der Waals surface area contributed by atoms with Crippen LogP contribution in [0, 0.1) is 5.92 Å². The van der Waals surface area contributed by atoms with E-state index in [2.05, 4.69) is 26.9 Å². The number of hydrogen-bond donors (Lipinski definition) is 1. The van der Waals surface area contributed by atoms with Crippen LogP contribution in [-0.4, -0.2) is 36.7 Å². The zero-order valence-corrected chi connectivity index (χ0v) is 12.5. The Balaban J connectivity index is 1.65. The molecule has 2 saturated carbocycles. The van der Waals surface area contributed by atoms with E-state index in [0.29, 0.717) is 23.1 Å². The molecule has 21 heavy (non-hydrogen) atoms. The molecule has 4 rings (SSSR count). The number of aromatic amines is 1. The number of hydrogen-bond acceptors (Lipinski definition) is 4. The third-order valence-corrected chi connectivity index (χ3v) is 4.83. The van der Waals surface area contributed by atoms with Gasteiger partial charge in [0.1, 0.15) is 11.2 Å². The van der Waals surface area contributed by atoms with Crippen molar-refractivity contribution in [3.8, 4) is 0 Å². The quantitative estimate of drug-likeness (QED) is 0.903. The number of aromatic nitrogens is 4. The second-order valence-electron chi connectivity index (χ2n) is 6.50. The van der Waals surface area contributed by atoms with Crippen LogP contribution in [0.4, 0.5) is 0 Å². The first kappa shape index (κ1) is 13.0. The average Bonchev–Trinajstić information content (AvgIpc) is 3.35. The minimum atomic E-state index is -0.0853. The van der Waals surface area contributed by atoms with Crippen molar-refractivity contribution < 1.29 is 0 Å². The number of rotatable bonds is 5. The maximum atomic E-state index is 12.1. The fourth-order valence-electron chi connectivity index (χ4n) is 3.19. The summed E-state index contributed by atoms with van der Waals surface area (Å²) in [6.45, 7) is 3.05. The molecular weight excluding hydrogens is 266 g/mol. The third-order valence-electron chi connectivity index (χ3n) is 4.83. The van der Waals surface area contributed by atoms with Crippen molar-refractivity contribution in [2.45, 2.75) is 51.2 Å². The third kappa shape index (κ3) is 2.37. The molecular formula is C15H21N5O. The summed E-state index contributed by atoms with van der Waals surface area (Å²) in [5, 5.41) is 4.68. The highest BCUT2D eigenvalue weighted by atomic mass is 16.1. The molecule has 2 fully saturated rings. The number of fused-ring (bicyclic) bond motifs is 1. The molecule has 0 aromatic carbocycles. The van der Waals surface area contributed by atoms with Crippen LogP contribution in [0.2, 0.25) is 0 Å². The highest BCUT2D eigenvalue weighted by Crippen LogP contribution is 2.40. The van der Waals surface area contributed by atoms with Gasteiger partial charge in [-0.2, -0.15) is 5.10 Å². The van der Waals surface area contributed by atoms with Gasteiger partial charge in [-0.1, -0.05) is 0 Å². The van der Waals surface area contributed by atoms with E-state index in [1.165, 1.54) is 25.7 Å². The van der Waals surface area contributed by atoms with E-state index < -0.39 is 0 Å². The summed E-state index contributed by atoms with van der Waals surface area (Å²) in [6.07, 6.45) is 6.81. The average molecular weight is 287 g/mol. The Morgan fingerprint density at radius 3 is 2.86 bits per heavy atom. The second kappa shape index (κ2) is 4.66. The van der Waals surface area contributed by atoms with Crippen LogP contribution in [0.25, 0.3) is 11.0 Å². The lowest BCUT2D eigenvalue weighted by Crippen LogP contribution is -2.37. The number of nitrogens with zero attached hydrogens (tertiary/aromatic N) is 4. The van der Waals surface area contributed by atoms with Crippen LogP contribution in [0.1, 0.15) is 38.4 Å². The predicted octanol–water partition coefficient (Wildman–Crippen LogP) is 1.42. The van der Waals surface area contributed by atoms with Crippen LogP contribution in [-0.2, 0) is 13.6 Å². The fourth-order valence-corrected chi connectivity index (χ4v) is 3.19. The van der Waals surface area contributed by atoms with Crippen LogP contribution < -0.4 is 5.56 Å². The molecule has 0 amide bonds. The lowest BCUT2D eigenvalue weighted by molar-refractivity contribution is 0.166. The van der Waals surface area contributed by atoms with Gasteiger partial charge in [-0.15, -0.1) is 0 Å². The highest BCUT2D eigenvalue weighted by Gasteiger charge is 2.39. The van der Waals surface area contributed by atoms with E-state index in [0.717, 1.165) is 18.3 Å². The van der Waals surface area contributed by atoms with Gasteiger partial charge in [-0.3, -0.25) is 14.4 Å². The molecule has 0 aliphatic heterocycles. The van der Waals surface area contributed by atoms with Crippen molar-refractivity contribution in [2.24, 2.45) is 13.0 Å². The van der Waals surface area contributed by atoms with Gasteiger partial charge in [-0.25, -0.2) is 4.98 Å². The predicted molar refractivity (Wildman–Crippen MR) is 79.9 cm³/mol. The van der Waals surface area contributed by atoms with Gasteiger partial charge in [0, 0.05) is 19.1 Å². The summed E-state index contributed by atoms with van der Waals surface area (Å²) in [7, 11) is 1.82. The van der Waals surface area contributed by atoms with Crippen LogP contribution in [0.5, 0.6) is 0 Å². The van der Waals surface area contributed by atoms with Crippen molar-refractivity contribution in [1.82, 2.24) is 24.6 Å². The Morgan fingerprint density at radius 2 is 2.19 bits per heavy atom. The summed E-state index contributed by atoms with van der Waals surface area (Å²) in [5.41, 5.74) is 0.585. The second-order valence-corrected chi connectivity index (χ2v) is 6.50. The van der Waals surface area contributed by atoms with Gasteiger partial charge in [0.2, 0.25) is 0 Å². The largest absolute Gasteiger partial charge is 0.309 e. The molecule has 112 valence electrons. The van der Waals surface area contributed by atoms with E-state index in [1.54, 1.807) is 10.9 Å². The molecule has 1 atom stereocenters. The summed E-state index contributed by atoms with van der Waals surface area (Å²) < 4.78 is 1.67. The van der Waals surface area contributed by atoms with Crippen LogP contribution in [0.3, 0.4) is 0 Å². The first-order valence-corrected chi connectivity index (χ1v) is 7.80. The van der Waals surface area contributed by atoms with Gasteiger partial charge in [0.15, 0.2) is 5.65 Å². The van der Waals surface area contributed by atoms with Gasteiger partial charge in [0.05, 0.1) is 12.7 Å². The fraction of sp³-hybridized carbons (Fsp3) is 0.667. The van der Waals surface area contributed by atoms with Crippen molar-refractivity contribution in [3.05, 3.63) is 22.4 Å². The SMILES string of the molecule is C[C@H](C1CC1)N(Cc1nc2c(cnn2C)c(=O)[nH]1)C1CC1. The normalized spacial score (nSPS) is 20.3. The summed E-state index contributed by atoms with van der Waals surface area (Å²) in [6, 6.07) is 1.26. The Kier molecular flexibility index (Phi) is 2.89. The molecule has 2 aliphatic rings. The molecule has 6 nitrogen and oxygen atoms in total. The molecule has 2 aromatic heterocycles. The minimum absolute atomic E-state index is 0.0853. The van der Waals surface area contributed by atoms with E-state index in [4.69, 9.17) is 0 Å². The highest BCUT2D eigenvalue weighted by molar-refractivity contribution is 5.72. The molecule has 0 bridgehead atoms. The smallest absolute Gasteiger partial charge is 0.262 e. The number of aryl methyl sites for hydroxylation is 1. The number of nitrogens with one attached hydrogen (secondary N) is 1. The minimum Gasteiger partial charge on any atom is -0.309 e. The van der Waals surface area contributed by atoms with Crippen molar-refractivity contribution >= 4 is 11.0 Å². The van der Waals surface area contributed by atoms with E-state index in [9.17, 15) is 4.79 Å². The van der Waals surface area contributed by atoms with Gasteiger partial charge in [-0.05, 0) is 38.5 Å². The summed E-state index contributed by atoms with van der Waals surface area (Å²) in [5.74, 6) is 1.59. The zero-order chi connectivity index (χ0) is 14.6. The summed E-state index contributed by atoms with van der Waals surface area (Å²) >= 11 is 0. The standard InChI is InChI=1S/C15H21N5O/c1-9(10-3-4-10)20(11-5-6-11)8-13-17-14-12(15(21)18-13)7-16-19(14)2/h7,9-11H,3-6,8H2,1-2H3,(H,17,18,21)/t9-/m1/s1. The maximum Gasteiger partial charge on any atom is 0.262 e. The van der Waals surface area contributed by atoms with Crippen LogP contribution >= 0.6 is 0 Å². The Hall–Kier alpha value is -1.69. The molecule has 2 aromatic rings. The molecule has 0 radical (unpaired) electrons. The lowest BCUT2D eigenvalue weighted by Gasteiger charge is -2.28.